The van der Waals surface area contributed by atoms with Gasteiger partial charge in [-0.2, -0.15) is 5.26 Å². The maximum Gasteiger partial charge on any atom is 0.129 e. The van der Waals surface area contributed by atoms with Gasteiger partial charge in [0.15, 0.2) is 0 Å². The van der Waals surface area contributed by atoms with Crippen molar-refractivity contribution in [3.05, 3.63) is 34.6 Å². The van der Waals surface area contributed by atoms with Crippen LogP contribution in [0, 0.1) is 23.1 Å². The van der Waals surface area contributed by atoms with Crippen molar-refractivity contribution < 1.29 is 4.39 Å². The Morgan fingerprint density at radius 3 is 2.81 bits per heavy atom. The normalized spacial score (nSPS) is 29.0. The van der Waals surface area contributed by atoms with Gasteiger partial charge >= 0.3 is 0 Å². The van der Waals surface area contributed by atoms with Crippen molar-refractivity contribution in [2.75, 3.05) is 0 Å². The maximum atomic E-state index is 13.9. The highest BCUT2D eigenvalue weighted by atomic mass is 35.5. The number of hydrogen-bond acceptors (Lipinski definition) is 1. The lowest BCUT2D eigenvalue weighted by Crippen LogP contribution is -2.28. The van der Waals surface area contributed by atoms with E-state index >= 15 is 0 Å². The molecule has 0 aliphatic heterocycles. The fourth-order valence-corrected chi connectivity index (χ4v) is 3.03. The standard InChI is InChI=1S/C13H13ClFN/c1-9-4-3-7-13(9,8-16)12-10(14)5-2-6-11(12)15/h2,5-6,9H,3-4,7H2,1H3. The molecule has 1 saturated carbocycles. The van der Waals surface area contributed by atoms with E-state index in [4.69, 9.17) is 11.6 Å². The van der Waals surface area contributed by atoms with Gasteiger partial charge in [0.25, 0.3) is 0 Å². The number of benzene rings is 1. The summed E-state index contributed by atoms with van der Waals surface area (Å²) in [5, 5.41) is 9.78. The first kappa shape index (κ1) is 11.4. The van der Waals surface area contributed by atoms with Crippen LogP contribution in [0.2, 0.25) is 5.02 Å². The number of hydrogen-bond donors (Lipinski definition) is 0. The van der Waals surface area contributed by atoms with E-state index in [1.807, 2.05) is 6.92 Å². The molecule has 1 nitrogen and oxygen atoms in total. The Morgan fingerprint density at radius 2 is 2.31 bits per heavy atom. The summed E-state index contributed by atoms with van der Waals surface area (Å²) in [5.41, 5.74) is -0.341. The van der Waals surface area contributed by atoms with Crippen LogP contribution in [0.15, 0.2) is 18.2 Å². The minimum absolute atomic E-state index is 0.159. The lowest BCUT2D eigenvalue weighted by Gasteiger charge is -2.27. The molecule has 0 saturated heterocycles. The van der Waals surface area contributed by atoms with Crippen molar-refractivity contribution >= 4 is 11.6 Å². The average Bonchev–Trinajstić information content (AvgIpc) is 2.61. The summed E-state index contributed by atoms with van der Waals surface area (Å²) in [6.07, 6.45) is 2.61. The van der Waals surface area contributed by atoms with Gasteiger partial charge in [-0.05, 0) is 30.9 Å². The van der Waals surface area contributed by atoms with Gasteiger partial charge in [-0.3, -0.25) is 0 Å². The van der Waals surface area contributed by atoms with Gasteiger partial charge in [-0.15, -0.1) is 0 Å². The average molecular weight is 238 g/mol. The van der Waals surface area contributed by atoms with Crippen LogP contribution in [0.1, 0.15) is 31.7 Å². The van der Waals surface area contributed by atoms with Gasteiger partial charge in [0.2, 0.25) is 0 Å². The second-order valence-electron chi connectivity index (χ2n) is 4.47. The third kappa shape index (κ3) is 1.51. The van der Waals surface area contributed by atoms with Gasteiger partial charge in [-0.1, -0.05) is 31.0 Å². The Bertz CT molecular complexity index is 431. The highest BCUT2D eigenvalue weighted by molar-refractivity contribution is 6.31. The van der Waals surface area contributed by atoms with Crippen LogP contribution >= 0.6 is 11.6 Å². The van der Waals surface area contributed by atoms with Crippen LogP contribution in [0.4, 0.5) is 4.39 Å². The first-order valence-electron chi connectivity index (χ1n) is 5.47. The molecule has 2 rings (SSSR count). The number of rotatable bonds is 1. The topological polar surface area (TPSA) is 23.8 Å². The Morgan fingerprint density at radius 1 is 1.56 bits per heavy atom. The molecular formula is C13H13ClFN. The predicted octanol–water partition coefficient (Wildman–Crippen LogP) is 4.06. The van der Waals surface area contributed by atoms with Crippen LogP contribution in [-0.4, -0.2) is 0 Å². The molecule has 1 aromatic rings. The van der Waals surface area contributed by atoms with Crippen molar-refractivity contribution in [2.45, 2.75) is 31.6 Å². The van der Waals surface area contributed by atoms with Gasteiger partial charge in [0.1, 0.15) is 5.82 Å². The molecule has 0 N–H and O–H groups in total. The van der Waals surface area contributed by atoms with E-state index in [2.05, 4.69) is 6.07 Å². The summed E-state index contributed by atoms with van der Waals surface area (Å²) < 4.78 is 13.9. The molecule has 0 amide bonds. The quantitative estimate of drug-likeness (QED) is 0.723. The van der Waals surface area contributed by atoms with Gasteiger partial charge in [0.05, 0.1) is 11.5 Å². The van der Waals surface area contributed by atoms with Crippen molar-refractivity contribution in [1.29, 1.82) is 5.26 Å². The fourth-order valence-electron chi connectivity index (χ4n) is 2.70. The lowest BCUT2D eigenvalue weighted by atomic mass is 9.74. The van der Waals surface area contributed by atoms with Crippen LogP contribution in [0.5, 0.6) is 0 Å². The van der Waals surface area contributed by atoms with Crippen LogP contribution < -0.4 is 0 Å². The Kier molecular flexibility index (Phi) is 2.90. The van der Waals surface area contributed by atoms with Crippen molar-refractivity contribution in [2.24, 2.45) is 5.92 Å². The van der Waals surface area contributed by atoms with Crippen LogP contribution in [0.3, 0.4) is 0 Å². The first-order chi connectivity index (χ1) is 7.62. The molecule has 0 radical (unpaired) electrons. The molecule has 16 heavy (non-hydrogen) atoms. The van der Waals surface area contributed by atoms with Gasteiger partial charge < -0.3 is 0 Å². The number of nitrogens with zero attached hydrogens (tertiary/aromatic N) is 1. The molecule has 0 heterocycles. The smallest absolute Gasteiger partial charge is 0.129 e. The SMILES string of the molecule is CC1CCCC1(C#N)c1c(F)cccc1Cl. The summed E-state index contributed by atoms with van der Waals surface area (Å²) in [6, 6.07) is 6.91. The molecule has 1 fully saturated rings. The highest BCUT2D eigenvalue weighted by Gasteiger charge is 2.45. The Hall–Kier alpha value is -1.07. The maximum absolute atomic E-state index is 13.9. The van der Waals surface area contributed by atoms with E-state index in [1.54, 1.807) is 12.1 Å². The molecule has 0 bridgehead atoms. The van der Waals surface area contributed by atoms with Crippen molar-refractivity contribution in [3.63, 3.8) is 0 Å². The Labute approximate surface area is 99.8 Å². The minimum Gasteiger partial charge on any atom is -0.207 e. The summed E-state index contributed by atoms with van der Waals surface area (Å²) in [5.74, 6) is -0.199. The van der Waals surface area contributed by atoms with Crippen molar-refractivity contribution in [3.8, 4) is 6.07 Å². The summed E-state index contributed by atoms with van der Waals surface area (Å²) in [7, 11) is 0. The van der Waals surface area contributed by atoms with E-state index in [1.165, 1.54) is 6.07 Å². The van der Waals surface area contributed by atoms with Crippen molar-refractivity contribution in [1.82, 2.24) is 0 Å². The third-order valence-electron chi connectivity index (χ3n) is 3.66. The number of nitriles is 1. The van der Waals surface area contributed by atoms with Crippen LogP contribution in [0.25, 0.3) is 0 Å². The molecule has 0 spiro atoms. The third-order valence-corrected chi connectivity index (χ3v) is 3.97. The molecule has 1 aliphatic carbocycles. The fraction of sp³-hybridized carbons (Fsp3) is 0.462. The van der Waals surface area contributed by atoms with E-state index in [-0.39, 0.29) is 11.7 Å². The van der Waals surface area contributed by atoms with E-state index in [9.17, 15) is 9.65 Å². The van der Waals surface area contributed by atoms with Crippen LogP contribution in [-0.2, 0) is 5.41 Å². The molecule has 3 heteroatoms. The zero-order valence-corrected chi connectivity index (χ0v) is 9.89. The molecule has 84 valence electrons. The molecule has 2 atom stereocenters. The summed E-state index contributed by atoms with van der Waals surface area (Å²) in [4.78, 5) is 0. The number of halogens is 2. The van der Waals surface area contributed by atoms with E-state index < -0.39 is 5.41 Å². The predicted molar refractivity (Wildman–Crippen MR) is 61.7 cm³/mol. The second-order valence-corrected chi connectivity index (χ2v) is 4.88. The molecule has 1 aliphatic rings. The zero-order chi connectivity index (χ0) is 11.8. The van der Waals surface area contributed by atoms with E-state index in [0.717, 1.165) is 12.8 Å². The largest absolute Gasteiger partial charge is 0.207 e. The highest BCUT2D eigenvalue weighted by Crippen LogP contribution is 2.48. The summed E-state index contributed by atoms with van der Waals surface area (Å²) >= 11 is 6.05. The van der Waals surface area contributed by atoms with E-state index in [0.29, 0.717) is 17.0 Å². The molecule has 1 aromatic carbocycles. The van der Waals surface area contributed by atoms with Gasteiger partial charge in [-0.25, -0.2) is 4.39 Å². The van der Waals surface area contributed by atoms with Gasteiger partial charge in [0, 0.05) is 10.6 Å². The molecular weight excluding hydrogens is 225 g/mol. The summed E-state index contributed by atoms with van der Waals surface area (Å²) in [6.45, 7) is 2.00. The monoisotopic (exact) mass is 237 g/mol. The lowest BCUT2D eigenvalue weighted by molar-refractivity contribution is 0.411. The second kappa shape index (κ2) is 4.07. The zero-order valence-electron chi connectivity index (χ0n) is 9.13. The first-order valence-corrected chi connectivity index (χ1v) is 5.85. The Balaban J connectivity index is 2.62. The molecule has 0 aromatic heterocycles. The minimum atomic E-state index is -0.734. The molecule has 2 unspecified atom stereocenters.